The molecule has 0 unspecified atom stereocenters. The van der Waals surface area contributed by atoms with Crippen molar-refractivity contribution >= 4 is 34.2 Å². The maximum Gasteiger partial charge on any atom is 0.258 e. The molecule has 154 valence electrons. The molecule has 0 bridgehead atoms. The zero-order valence-corrected chi connectivity index (χ0v) is 17.8. The summed E-state index contributed by atoms with van der Waals surface area (Å²) in [6, 6.07) is 15.7. The van der Waals surface area contributed by atoms with Gasteiger partial charge in [0.25, 0.3) is 5.91 Å². The summed E-state index contributed by atoms with van der Waals surface area (Å²) in [7, 11) is 1.83. The molecule has 0 atom stereocenters. The molecule has 31 heavy (non-hydrogen) atoms. The van der Waals surface area contributed by atoms with Crippen molar-refractivity contribution in [1.29, 1.82) is 0 Å². The maximum absolute atomic E-state index is 13.2. The minimum atomic E-state index is -0.293. The van der Waals surface area contributed by atoms with Gasteiger partial charge in [0.05, 0.1) is 33.8 Å². The molecule has 0 saturated carbocycles. The normalized spacial score (nSPS) is 11.2. The number of hydrogen-bond donors (Lipinski definition) is 1. The topological polar surface area (TPSA) is 90.5 Å². The van der Waals surface area contributed by atoms with Gasteiger partial charge >= 0.3 is 0 Å². The van der Waals surface area contributed by atoms with E-state index in [2.05, 4.69) is 20.5 Å². The van der Waals surface area contributed by atoms with Gasteiger partial charge in [0.1, 0.15) is 6.33 Å². The van der Waals surface area contributed by atoms with E-state index < -0.39 is 0 Å². The third-order valence-corrected chi connectivity index (χ3v) is 5.83. The van der Waals surface area contributed by atoms with Gasteiger partial charge in [-0.3, -0.25) is 14.8 Å². The van der Waals surface area contributed by atoms with Crippen molar-refractivity contribution in [3.05, 3.63) is 77.1 Å². The van der Waals surface area contributed by atoms with E-state index in [-0.39, 0.29) is 11.9 Å². The number of pyridine rings is 1. The lowest BCUT2D eigenvalue weighted by Crippen LogP contribution is -2.15. The van der Waals surface area contributed by atoms with Gasteiger partial charge in [0.2, 0.25) is 5.95 Å². The Morgan fingerprint density at radius 3 is 2.74 bits per heavy atom. The molecule has 5 aromatic rings. The van der Waals surface area contributed by atoms with E-state index in [0.717, 1.165) is 27.2 Å². The van der Waals surface area contributed by atoms with Crippen molar-refractivity contribution in [2.45, 2.75) is 13.5 Å². The summed E-state index contributed by atoms with van der Waals surface area (Å²) < 4.78 is 3.39. The molecule has 9 heteroatoms. The van der Waals surface area contributed by atoms with Crippen molar-refractivity contribution in [2.24, 2.45) is 7.05 Å². The molecule has 0 aliphatic carbocycles. The van der Waals surface area contributed by atoms with Crippen LogP contribution in [0.5, 0.6) is 0 Å². The second-order valence-corrected chi connectivity index (χ2v) is 8.09. The molecule has 0 aliphatic heterocycles. The van der Waals surface area contributed by atoms with Gasteiger partial charge in [-0.05, 0) is 30.0 Å². The molecule has 0 fully saturated rings. The van der Waals surface area contributed by atoms with Gasteiger partial charge in [-0.2, -0.15) is 5.10 Å². The van der Waals surface area contributed by atoms with Crippen LogP contribution in [-0.4, -0.2) is 35.4 Å². The van der Waals surface area contributed by atoms with Gasteiger partial charge in [-0.15, -0.1) is 16.4 Å². The first-order valence-electron chi connectivity index (χ1n) is 9.71. The molecule has 4 heterocycles. The van der Waals surface area contributed by atoms with Crippen molar-refractivity contribution in [3.8, 4) is 10.6 Å². The summed E-state index contributed by atoms with van der Waals surface area (Å²) in [5.41, 5.74) is 3.75. The van der Waals surface area contributed by atoms with Crippen molar-refractivity contribution in [1.82, 2.24) is 29.5 Å². The third-order valence-electron chi connectivity index (χ3n) is 4.94. The van der Waals surface area contributed by atoms with Crippen LogP contribution in [0.4, 0.5) is 5.95 Å². The van der Waals surface area contributed by atoms with Gasteiger partial charge in [-0.25, -0.2) is 14.6 Å². The van der Waals surface area contributed by atoms with E-state index in [1.807, 2.05) is 61.8 Å². The zero-order chi connectivity index (χ0) is 21.4. The number of benzene rings is 1. The lowest BCUT2D eigenvalue weighted by Gasteiger charge is -2.07. The van der Waals surface area contributed by atoms with Crippen LogP contribution in [0.3, 0.4) is 0 Å². The lowest BCUT2D eigenvalue weighted by molar-refractivity contribution is 0.102. The molecule has 8 nitrogen and oxygen atoms in total. The first-order chi connectivity index (χ1) is 15.1. The summed E-state index contributed by atoms with van der Waals surface area (Å²) in [4.78, 5) is 23.2. The number of carbonyl (C=O) groups is 1. The van der Waals surface area contributed by atoms with Crippen LogP contribution in [0.25, 0.3) is 21.6 Å². The minimum Gasteiger partial charge on any atom is -0.289 e. The van der Waals surface area contributed by atoms with Crippen molar-refractivity contribution < 1.29 is 4.79 Å². The summed E-state index contributed by atoms with van der Waals surface area (Å²) in [5.74, 6) is -0.0381. The zero-order valence-electron chi connectivity index (χ0n) is 17.0. The molecule has 5 rings (SSSR count). The number of hydrogen-bond acceptors (Lipinski definition) is 6. The number of nitrogens with zero attached hydrogens (tertiary/aromatic N) is 6. The standard InChI is InChI=1S/C22H19N7OS/c1-14-19-16(11-17(18-9-6-10-31-18)24-20(19)28(2)26-14)21(30)25-22-23-13-29(27-22)12-15-7-4-3-5-8-15/h3-11,13H,12H2,1-2H3,(H,25,27,30). The molecule has 4 aromatic heterocycles. The number of thiophene rings is 1. The molecule has 0 spiro atoms. The van der Waals surface area contributed by atoms with E-state index >= 15 is 0 Å². The highest BCUT2D eigenvalue weighted by Crippen LogP contribution is 2.29. The van der Waals surface area contributed by atoms with Crippen molar-refractivity contribution in [2.75, 3.05) is 5.32 Å². The Balaban J connectivity index is 1.47. The predicted molar refractivity (Wildman–Crippen MR) is 120 cm³/mol. The van der Waals surface area contributed by atoms with Gasteiger partial charge in [0.15, 0.2) is 5.65 Å². The van der Waals surface area contributed by atoms with E-state index in [4.69, 9.17) is 4.98 Å². The third kappa shape index (κ3) is 3.71. The first-order valence-corrected chi connectivity index (χ1v) is 10.6. The Hall–Kier alpha value is -3.85. The average molecular weight is 430 g/mol. The Bertz CT molecular complexity index is 1370. The highest BCUT2D eigenvalue weighted by Gasteiger charge is 2.20. The van der Waals surface area contributed by atoms with Crippen LogP contribution in [0.15, 0.2) is 60.2 Å². The monoisotopic (exact) mass is 429 g/mol. The fraction of sp³-hybridized carbons (Fsp3) is 0.136. The number of aryl methyl sites for hydroxylation is 2. The Labute approximate surface area is 182 Å². The number of amides is 1. The highest BCUT2D eigenvalue weighted by atomic mass is 32.1. The second kappa shape index (κ2) is 7.77. The largest absolute Gasteiger partial charge is 0.289 e. The fourth-order valence-corrected chi connectivity index (χ4v) is 4.23. The van der Waals surface area contributed by atoms with Crippen LogP contribution in [0.1, 0.15) is 21.6 Å². The number of nitrogens with one attached hydrogen (secondary N) is 1. The molecule has 1 amide bonds. The van der Waals surface area contributed by atoms with Crippen molar-refractivity contribution in [3.63, 3.8) is 0 Å². The molecule has 0 radical (unpaired) electrons. The van der Waals surface area contributed by atoms with E-state index in [1.165, 1.54) is 0 Å². The summed E-state index contributed by atoms with van der Waals surface area (Å²) in [6.45, 7) is 2.45. The van der Waals surface area contributed by atoms with Gasteiger partial charge < -0.3 is 0 Å². The molecule has 0 saturated heterocycles. The van der Waals surface area contributed by atoms with Gasteiger partial charge in [0, 0.05) is 7.05 Å². The van der Waals surface area contributed by atoms with E-state index in [1.54, 1.807) is 33.1 Å². The van der Waals surface area contributed by atoms with Crippen LogP contribution < -0.4 is 5.32 Å². The Morgan fingerprint density at radius 1 is 1.13 bits per heavy atom. The van der Waals surface area contributed by atoms with E-state index in [9.17, 15) is 4.79 Å². The molecule has 0 aliphatic rings. The number of aromatic nitrogens is 6. The summed E-state index contributed by atoms with van der Waals surface area (Å²) in [5, 5.41) is 14.4. The Morgan fingerprint density at radius 2 is 1.97 bits per heavy atom. The summed E-state index contributed by atoms with van der Waals surface area (Å²) >= 11 is 1.57. The number of fused-ring (bicyclic) bond motifs is 1. The lowest BCUT2D eigenvalue weighted by atomic mass is 10.1. The maximum atomic E-state index is 13.2. The van der Waals surface area contributed by atoms with Crippen LogP contribution in [0.2, 0.25) is 0 Å². The Kier molecular flexibility index (Phi) is 4.79. The van der Waals surface area contributed by atoms with Gasteiger partial charge in [-0.1, -0.05) is 36.4 Å². The highest BCUT2D eigenvalue weighted by molar-refractivity contribution is 7.13. The summed E-state index contributed by atoms with van der Waals surface area (Å²) in [6.07, 6.45) is 1.61. The number of rotatable bonds is 5. The average Bonchev–Trinajstić information content (AvgIpc) is 3.51. The van der Waals surface area contributed by atoms with Crippen LogP contribution in [0, 0.1) is 6.92 Å². The SMILES string of the molecule is Cc1nn(C)c2nc(-c3cccs3)cc(C(=O)Nc3ncn(Cc4ccccc4)n3)c12. The van der Waals surface area contributed by atoms with Crippen LogP contribution >= 0.6 is 11.3 Å². The van der Waals surface area contributed by atoms with E-state index in [0.29, 0.717) is 17.8 Å². The number of carbonyl (C=O) groups excluding carboxylic acids is 1. The quantitative estimate of drug-likeness (QED) is 0.458. The second-order valence-electron chi connectivity index (χ2n) is 7.15. The molecule has 1 N–H and O–H groups in total. The minimum absolute atomic E-state index is 0.255. The molecular weight excluding hydrogens is 410 g/mol. The molecule has 1 aromatic carbocycles. The first kappa shape index (κ1) is 19.1. The fourth-order valence-electron chi connectivity index (χ4n) is 3.54. The molecular formula is C22H19N7OS. The smallest absolute Gasteiger partial charge is 0.258 e. The predicted octanol–water partition coefficient (Wildman–Crippen LogP) is 3.90. The van der Waals surface area contributed by atoms with Crippen LogP contribution in [-0.2, 0) is 13.6 Å². The number of anilines is 1.